The van der Waals surface area contributed by atoms with Gasteiger partial charge in [0.25, 0.3) is 0 Å². The molecule has 0 aliphatic heterocycles. The fourth-order valence-electron chi connectivity index (χ4n) is 3.52. The standard InChI is InChI=1S/C24H23F3N4O4/c25-24(26,27)17-2-1-3-19(13-17)35-21-5-4-18(12-16(21)14-33)30-23-22-20(28-15-29-23)6-7-31(22)8-10-34-11-9-32/h1-7,12-13,15,32-33H,8-11,14H2,(H,28,29,30). The lowest BCUT2D eigenvalue weighted by Crippen LogP contribution is -2.09. The van der Waals surface area contributed by atoms with Gasteiger partial charge in [0.05, 0.1) is 37.5 Å². The van der Waals surface area contributed by atoms with E-state index in [1.54, 1.807) is 18.2 Å². The van der Waals surface area contributed by atoms with E-state index in [0.29, 0.717) is 30.2 Å². The number of alkyl halides is 3. The molecule has 0 spiro atoms. The van der Waals surface area contributed by atoms with E-state index in [1.165, 1.54) is 18.5 Å². The Morgan fingerprint density at radius 3 is 2.63 bits per heavy atom. The Kier molecular flexibility index (Phi) is 7.49. The normalized spacial score (nSPS) is 11.7. The smallest absolute Gasteiger partial charge is 0.416 e. The van der Waals surface area contributed by atoms with Crippen molar-refractivity contribution in [2.24, 2.45) is 0 Å². The highest BCUT2D eigenvalue weighted by molar-refractivity contribution is 5.88. The first kappa shape index (κ1) is 24.5. The lowest BCUT2D eigenvalue weighted by atomic mass is 10.1. The van der Waals surface area contributed by atoms with Gasteiger partial charge in [0, 0.05) is 24.0 Å². The summed E-state index contributed by atoms with van der Waals surface area (Å²) in [5, 5.41) is 21.9. The highest BCUT2D eigenvalue weighted by atomic mass is 19.4. The Balaban J connectivity index is 1.56. The summed E-state index contributed by atoms with van der Waals surface area (Å²) < 4.78 is 51.9. The van der Waals surface area contributed by atoms with Crippen LogP contribution in [0.25, 0.3) is 11.0 Å². The fourth-order valence-corrected chi connectivity index (χ4v) is 3.52. The molecule has 0 unspecified atom stereocenters. The number of rotatable bonds is 10. The Morgan fingerprint density at radius 2 is 1.86 bits per heavy atom. The first-order valence-electron chi connectivity index (χ1n) is 10.7. The van der Waals surface area contributed by atoms with E-state index < -0.39 is 11.7 Å². The predicted molar refractivity (Wildman–Crippen MR) is 123 cm³/mol. The maximum absolute atomic E-state index is 13.0. The molecule has 0 amide bonds. The molecule has 0 aliphatic rings. The molecule has 4 rings (SSSR count). The van der Waals surface area contributed by atoms with Crippen LogP contribution in [-0.2, 0) is 24.1 Å². The minimum absolute atomic E-state index is 0.00832. The molecule has 4 aromatic rings. The van der Waals surface area contributed by atoms with Gasteiger partial charge in [0.15, 0.2) is 5.82 Å². The Labute approximate surface area is 198 Å². The zero-order valence-electron chi connectivity index (χ0n) is 18.5. The average Bonchev–Trinajstić information content (AvgIpc) is 3.26. The summed E-state index contributed by atoms with van der Waals surface area (Å²) in [6.45, 7) is 0.733. The average molecular weight is 488 g/mol. The molecule has 11 heteroatoms. The molecule has 0 saturated carbocycles. The maximum atomic E-state index is 13.0. The molecular formula is C24H23F3N4O4. The summed E-state index contributed by atoms with van der Waals surface area (Å²) in [6.07, 6.45) is -1.20. The summed E-state index contributed by atoms with van der Waals surface area (Å²) in [6, 6.07) is 11.3. The zero-order valence-corrected chi connectivity index (χ0v) is 18.5. The minimum atomic E-state index is -4.49. The molecule has 35 heavy (non-hydrogen) atoms. The van der Waals surface area contributed by atoms with Crippen molar-refractivity contribution in [3.05, 3.63) is 72.2 Å². The van der Waals surface area contributed by atoms with Crippen LogP contribution in [0.5, 0.6) is 11.5 Å². The molecule has 2 aromatic carbocycles. The topological polar surface area (TPSA) is 102 Å². The highest BCUT2D eigenvalue weighted by Crippen LogP contribution is 2.34. The second-order valence-electron chi connectivity index (χ2n) is 7.53. The summed E-state index contributed by atoms with van der Waals surface area (Å²) in [5.74, 6) is 0.765. The lowest BCUT2D eigenvalue weighted by molar-refractivity contribution is -0.137. The summed E-state index contributed by atoms with van der Waals surface area (Å²) >= 11 is 0. The molecule has 184 valence electrons. The van der Waals surface area contributed by atoms with Crippen molar-refractivity contribution in [1.29, 1.82) is 0 Å². The second kappa shape index (κ2) is 10.7. The van der Waals surface area contributed by atoms with Gasteiger partial charge in [-0.3, -0.25) is 0 Å². The fraction of sp³-hybridized carbons (Fsp3) is 0.250. The Hall–Kier alpha value is -3.67. The summed E-state index contributed by atoms with van der Waals surface area (Å²) in [7, 11) is 0. The predicted octanol–water partition coefficient (Wildman–Crippen LogP) is 4.49. The highest BCUT2D eigenvalue weighted by Gasteiger charge is 2.30. The van der Waals surface area contributed by atoms with Gasteiger partial charge in [-0.1, -0.05) is 6.07 Å². The van der Waals surface area contributed by atoms with Crippen LogP contribution in [0.15, 0.2) is 61.1 Å². The maximum Gasteiger partial charge on any atom is 0.416 e. The van der Waals surface area contributed by atoms with Gasteiger partial charge in [-0.2, -0.15) is 13.2 Å². The van der Waals surface area contributed by atoms with E-state index in [2.05, 4.69) is 15.3 Å². The van der Waals surface area contributed by atoms with Gasteiger partial charge in [0.2, 0.25) is 0 Å². The number of fused-ring (bicyclic) bond motifs is 1. The van der Waals surface area contributed by atoms with E-state index in [4.69, 9.17) is 14.6 Å². The van der Waals surface area contributed by atoms with Crippen molar-refractivity contribution in [3.8, 4) is 11.5 Å². The number of halogens is 3. The SMILES string of the molecule is OCCOCCn1ccc2ncnc(Nc3ccc(Oc4cccc(C(F)(F)F)c4)c(CO)c3)c21. The third-order valence-electron chi connectivity index (χ3n) is 5.15. The molecule has 3 N–H and O–H groups in total. The number of nitrogens with one attached hydrogen (secondary N) is 1. The van der Waals surface area contributed by atoms with Crippen molar-refractivity contribution >= 4 is 22.5 Å². The molecule has 0 saturated heterocycles. The van der Waals surface area contributed by atoms with Gasteiger partial charge in [-0.15, -0.1) is 0 Å². The number of aromatic nitrogens is 3. The van der Waals surface area contributed by atoms with Crippen LogP contribution in [0.3, 0.4) is 0 Å². The monoisotopic (exact) mass is 488 g/mol. The lowest BCUT2D eigenvalue weighted by Gasteiger charge is -2.15. The molecule has 2 heterocycles. The van der Waals surface area contributed by atoms with Crippen LogP contribution in [0, 0.1) is 0 Å². The largest absolute Gasteiger partial charge is 0.457 e. The summed E-state index contributed by atoms with van der Waals surface area (Å²) in [5.41, 5.74) is 1.61. The van der Waals surface area contributed by atoms with Gasteiger partial charge < -0.3 is 29.6 Å². The number of hydrogen-bond acceptors (Lipinski definition) is 7. The van der Waals surface area contributed by atoms with Crippen LogP contribution < -0.4 is 10.1 Å². The molecule has 0 atom stereocenters. The second-order valence-corrected chi connectivity index (χ2v) is 7.53. The van der Waals surface area contributed by atoms with Crippen molar-refractivity contribution < 1.29 is 32.9 Å². The molecule has 0 radical (unpaired) electrons. The Bertz CT molecular complexity index is 1290. The number of benzene rings is 2. The number of nitrogens with zero attached hydrogens (tertiary/aromatic N) is 3. The van der Waals surface area contributed by atoms with E-state index in [0.717, 1.165) is 23.2 Å². The van der Waals surface area contributed by atoms with Gasteiger partial charge >= 0.3 is 6.18 Å². The van der Waals surface area contributed by atoms with E-state index in [9.17, 15) is 18.3 Å². The third-order valence-corrected chi connectivity index (χ3v) is 5.15. The Morgan fingerprint density at radius 1 is 1.00 bits per heavy atom. The number of aliphatic hydroxyl groups excluding tert-OH is 2. The van der Waals surface area contributed by atoms with E-state index in [1.807, 2.05) is 16.8 Å². The number of hydrogen-bond donors (Lipinski definition) is 3. The van der Waals surface area contributed by atoms with Crippen molar-refractivity contribution in [1.82, 2.24) is 14.5 Å². The number of anilines is 2. The van der Waals surface area contributed by atoms with E-state index in [-0.39, 0.29) is 31.3 Å². The van der Waals surface area contributed by atoms with Crippen LogP contribution in [0.2, 0.25) is 0 Å². The molecular weight excluding hydrogens is 465 g/mol. The van der Waals surface area contributed by atoms with Crippen LogP contribution >= 0.6 is 0 Å². The van der Waals surface area contributed by atoms with Crippen molar-refractivity contribution in [3.63, 3.8) is 0 Å². The van der Waals surface area contributed by atoms with Gasteiger partial charge in [0.1, 0.15) is 23.3 Å². The van der Waals surface area contributed by atoms with Crippen molar-refractivity contribution in [2.75, 3.05) is 25.1 Å². The first-order valence-corrected chi connectivity index (χ1v) is 10.7. The van der Waals surface area contributed by atoms with Gasteiger partial charge in [-0.05, 0) is 42.5 Å². The quantitative estimate of drug-likeness (QED) is 0.283. The number of aliphatic hydroxyl groups is 2. The van der Waals surface area contributed by atoms with Gasteiger partial charge in [-0.25, -0.2) is 9.97 Å². The minimum Gasteiger partial charge on any atom is -0.457 e. The molecule has 2 aromatic heterocycles. The zero-order chi connectivity index (χ0) is 24.8. The van der Waals surface area contributed by atoms with Crippen LogP contribution in [0.1, 0.15) is 11.1 Å². The van der Waals surface area contributed by atoms with E-state index >= 15 is 0 Å². The number of ether oxygens (including phenoxy) is 2. The van der Waals surface area contributed by atoms with Crippen molar-refractivity contribution in [2.45, 2.75) is 19.3 Å². The molecule has 0 fully saturated rings. The molecule has 0 aliphatic carbocycles. The molecule has 0 bridgehead atoms. The summed E-state index contributed by atoms with van der Waals surface area (Å²) in [4.78, 5) is 8.61. The van der Waals surface area contributed by atoms with Crippen LogP contribution in [-0.4, -0.2) is 44.6 Å². The molecule has 8 nitrogen and oxygen atoms in total. The van der Waals surface area contributed by atoms with Crippen LogP contribution in [0.4, 0.5) is 24.7 Å². The first-order chi connectivity index (χ1) is 16.9. The third kappa shape index (κ3) is 5.88.